The van der Waals surface area contributed by atoms with Crippen molar-refractivity contribution in [1.82, 2.24) is 15.5 Å². The molecule has 0 unspecified atom stereocenters. The van der Waals surface area contributed by atoms with Crippen molar-refractivity contribution in [2.75, 3.05) is 6.54 Å². The number of ether oxygens (including phenoxy) is 1. The van der Waals surface area contributed by atoms with Crippen LogP contribution in [0.5, 0.6) is 17.2 Å². The Labute approximate surface area is 217 Å². The fourth-order valence-corrected chi connectivity index (χ4v) is 4.87. The number of rotatable bonds is 6. The summed E-state index contributed by atoms with van der Waals surface area (Å²) in [6.07, 6.45) is 1.53. The molecule has 10 nitrogen and oxygen atoms in total. The maximum Gasteiger partial charge on any atom is 0.228 e. The van der Waals surface area contributed by atoms with Crippen LogP contribution in [-0.4, -0.2) is 44.2 Å². The summed E-state index contributed by atoms with van der Waals surface area (Å²) in [7, 11) is 0. The quantitative estimate of drug-likeness (QED) is 0.253. The normalized spacial score (nSPS) is 19.4. The number of hydrogen-bond acceptors (Lipinski definition) is 10. The predicted molar refractivity (Wildman–Crippen MR) is 135 cm³/mol. The summed E-state index contributed by atoms with van der Waals surface area (Å²) in [4.78, 5) is 43.5. The molecule has 3 aromatic rings. The number of phenols is 2. The van der Waals surface area contributed by atoms with Crippen LogP contribution in [0.1, 0.15) is 48.1 Å². The van der Waals surface area contributed by atoms with E-state index in [1.54, 1.807) is 6.92 Å². The SMILES string of the molecule is CC(=O)c1c(O)c(C)c(O)c2c1OC1=CC(=O)/C(=C(/C)NCCc3nc(-c4ccccc4)no3)C(=O)[C@@]12C. The van der Waals surface area contributed by atoms with Crippen LogP contribution in [0.4, 0.5) is 0 Å². The number of aromatic nitrogens is 2. The van der Waals surface area contributed by atoms with Crippen molar-refractivity contribution in [1.29, 1.82) is 0 Å². The molecule has 2 heterocycles. The number of allylic oxidation sites excluding steroid dienone is 4. The fraction of sp³-hybridized carbons (Fsp3) is 0.250. The largest absolute Gasteiger partial charge is 0.507 e. The summed E-state index contributed by atoms with van der Waals surface area (Å²) in [5.41, 5.74) is -0.576. The van der Waals surface area contributed by atoms with Crippen molar-refractivity contribution in [3.63, 3.8) is 0 Å². The van der Waals surface area contributed by atoms with Gasteiger partial charge in [0.15, 0.2) is 17.3 Å². The molecule has 0 saturated carbocycles. The highest BCUT2D eigenvalue weighted by atomic mass is 16.5. The topological polar surface area (TPSA) is 152 Å². The summed E-state index contributed by atoms with van der Waals surface area (Å²) < 4.78 is 11.1. The van der Waals surface area contributed by atoms with E-state index in [0.29, 0.717) is 30.4 Å². The van der Waals surface area contributed by atoms with Crippen molar-refractivity contribution in [2.24, 2.45) is 0 Å². The van der Waals surface area contributed by atoms with E-state index in [1.165, 1.54) is 26.8 Å². The van der Waals surface area contributed by atoms with Gasteiger partial charge in [-0.1, -0.05) is 35.5 Å². The van der Waals surface area contributed by atoms with E-state index in [4.69, 9.17) is 9.26 Å². The summed E-state index contributed by atoms with van der Waals surface area (Å²) in [5, 5.41) is 28.4. The van der Waals surface area contributed by atoms with E-state index in [0.717, 1.165) is 5.56 Å². The molecule has 10 heteroatoms. The number of aromatic hydroxyl groups is 2. The first-order valence-electron chi connectivity index (χ1n) is 12.0. The van der Waals surface area contributed by atoms with Gasteiger partial charge in [0.25, 0.3) is 0 Å². The first kappa shape index (κ1) is 24.9. The number of carbonyl (C=O) groups is 3. The Hall–Kier alpha value is -4.73. The molecule has 1 aliphatic carbocycles. The smallest absolute Gasteiger partial charge is 0.228 e. The van der Waals surface area contributed by atoms with Crippen LogP contribution >= 0.6 is 0 Å². The Morgan fingerprint density at radius 1 is 1.11 bits per heavy atom. The summed E-state index contributed by atoms with van der Waals surface area (Å²) in [5.74, 6) is -1.76. The minimum Gasteiger partial charge on any atom is -0.507 e. The van der Waals surface area contributed by atoms with E-state index < -0.39 is 28.5 Å². The predicted octanol–water partition coefficient (Wildman–Crippen LogP) is 3.45. The van der Waals surface area contributed by atoms with E-state index in [1.807, 2.05) is 30.3 Å². The molecule has 194 valence electrons. The lowest BCUT2D eigenvalue weighted by Gasteiger charge is -2.29. The zero-order chi connectivity index (χ0) is 27.4. The first-order chi connectivity index (χ1) is 18.1. The summed E-state index contributed by atoms with van der Waals surface area (Å²) in [6, 6.07) is 9.38. The summed E-state index contributed by atoms with van der Waals surface area (Å²) in [6.45, 7) is 6.11. The van der Waals surface area contributed by atoms with Gasteiger partial charge in [-0.15, -0.1) is 0 Å². The second-order valence-electron chi connectivity index (χ2n) is 9.44. The molecule has 38 heavy (non-hydrogen) atoms. The molecule has 2 aromatic carbocycles. The number of fused-ring (bicyclic) bond motifs is 3. The Morgan fingerprint density at radius 3 is 2.50 bits per heavy atom. The molecule has 2 aliphatic rings. The Bertz CT molecular complexity index is 1580. The van der Waals surface area contributed by atoms with E-state index in [2.05, 4.69) is 15.5 Å². The van der Waals surface area contributed by atoms with Gasteiger partial charge in [-0.3, -0.25) is 14.4 Å². The van der Waals surface area contributed by atoms with Crippen molar-refractivity contribution < 1.29 is 33.9 Å². The standard InChI is InChI=1S/C28H25N3O7/c1-13-23(34)21(15(3)32)25-22(24(13)35)28(4)18(37-25)12-17(33)20(26(28)36)14(2)29-11-10-19-30-27(31-38-19)16-8-6-5-7-9-16/h5-9,12,29,34-35H,10-11H2,1-4H3/b20-14+/t28-/m0/s1. The third-order valence-corrected chi connectivity index (χ3v) is 6.99. The Balaban J connectivity index is 1.43. The van der Waals surface area contributed by atoms with Gasteiger partial charge in [0.05, 0.1) is 11.1 Å². The van der Waals surface area contributed by atoms with Crippen molar-refractivity contribution in [3.05, 3.63) is 76.0 Å². The number of Topliss-reactive ketones (excluding diaryl/α,β-unsaturated/α-hetero) is 2. The molecule has 1 atom stereocenters. The highest BCUT2D eigenvalue weighted by Gasteiger charge is 2.56. The van der Waals surface area contributed by atoms with Gasteiger partial charge in [-0.25, -0.2) is 0 Å². The van der Waals surface area contributed by atoms with Gasteiger partial charge >= 0.3 is 0 Å². The fourth-order valence-electron chi connectivity index (χ4n) is 4.87. The van der Waals surface area contributed by atoms with Crippen LogP contribution < -0.4 is 10.1 Å². The molecule has 1 aromatic heterocycles. The molecule has 0 radical (unpaired) electrons. The minimum absolute atomic E-state index is 0.0128. The number of carbonyl (C=O) groups excluding carboxylic acids is 3. The number of benzene rings is 2. The maximum absolute atomic E-state index is 13.8. The average Bonchev–Trinajstić information content (AvgIpc) is 3.46. The van der Waals surface area contributed by atoms with Crippen LogP contribution in [0.15, 0.2) is 58.0 Å². The van der Waals surface area contributed by atoms with Crippen molar-refractivity contribution >= 4 is 17.3 Å². The lowest BCUT2D eigenvalue weighted by Crippen LogP contribution is -2.41. The molecule has 0 saturated heterocycles. The third kappa shape index (κ3) is 3.68. The second kappa shape index (κ2) is 8.98. The highest BCUT2D eigenvalue weighted by molar-refractivity contribution is 6.31. The number of nitrogens with one attached hydrogen (secondary N) is 1. The minimum atomic E-state index is -1.56. The van der Waals surface area contributed by atoms with Gasteiger partial charge in [-0.05, 0) is 27.7 Å². The molecular weight excluding hydrogens is 490 g/mol. The lowest BCUT2D eigenvalue weighted by atomic mass is 9.70. The third-order valence-electron chi connectivity index (χ3n) is 6.99. The zero-order valence-corrected chi connectivity index (χ0v) is 21.2. The molecule has 0 amide bonds. The number of nitrogens with zero attached hydrogens (tertiary/aromatic N) is 2. The molecule has 0 bridgehead atoms. The average molecular weight is 516 g/mol. The van der Waals surface area contributed by atoms with Gasteiger partial charge in [0.2, 0.25) is 11.7 Å². The van der Waals surface area contributed by atoms with E-state index in [9.17, 15) is 24.6 Å². The highest BCUT2D eigenvalue weighted by Crippen LogP contribution is 2.57. The van der Waals surface area contributed by atoms with E-state index in [-0.39, 0.29) is 39.5 Å². The van der Waals surface area contributed by atoms with Crippen LogP contribution in [0, 0.1) is 6.92 Å². The van der Waals surface area contributed by atoms with Crippen molar-refractivity contribution in [3.8, 4) is 28.6 Å². The number of phenolic OH excluding ortho intramolecular Hbond substituents is 2. The van der Waals surface area contributed by atoms with Gasteiger partial charge in [0.1, 0.15) is 34.0 Å². The molecular formula is C28H25N3O7. The van der Waals surface area contributed by atoms with Crippen LogP contribution in [0.3, 0.4) is 0 Å². The van der Waals surface area contributed by atoms with Crippen molar-refractivity contribution in [2.45, 2.75) is 39.5 Å². The van der Waals surface area contributed by atoms with Gasteiger partial charge < -0.3 is 24.8 Å². The zero-order valence-electron chi connectivity index (χ0n) is 21.2. The number of ketones is 3. The molecule has 5 rings (SSSR count). The Kier molecular flexibility index (Phi) is 5.90. The molecule has 1 aliphatic heterocycles. The Morgan fingerprint density at radius 2 is 1.82 bits per heavy atom. The molecule has 3 N–H and O–H groups in total. The first-order valence-corrected chi connectivity index (χ1v) is 12.0. The lowest BCUT2D eigenvalue weighted by molar-refractivity contribution is -0.123. The van der Waals surface area contributed by atoms with Gasteiger partial charge in [0, 0.05) is 35.9 Å². The van der Waals surface area contributed by atoms with Crippen LogP contribution in [0.2, 0.25) is 0 Å². The maximum atomic E-state index is 13.8. The summed E-state index contributed by atoms with van der Waals surface area (Å²) >= 11 is 0. The molecule has 0 fully saturated rings. The second-order valence-corrected chi connectivity index (χ2v) is 9.44. The van der Waals surface area contributed by atoms with E-state index >= 15 is 0 Å². The monoisotopic (exact) mass is 515 g/mol. The van der Waals surface area contributed by atoms with Crippen LogP contribution in [0.25, 0.3) is 11.4 Å². The number of hydrogen-bond donors (Lipinski definition) is 3. The van der Waals surface area contributed by atoms with Gasteiger partial charge in [-0.2, -0.15) is 4.98 Å². The van der Waals surface area contributed by atoms with Crippen LogP contribution in [-0.2, 0) is 21.4 Å². The molecule has 0 spiro atoms.